The lowest BCUT2D eigenvalue weighted by atomic mass is 10.1. The van der Waals surface area contributed by atoms with Crippen LogP contribution >= 0.6 is 0 Å². The van der Waals surface area contributed by atoms with E-state index in [1.807, 2.05) is 0 Å². The van der Waals surface area contributed by atoms with E-state index in [2.05, 4.69) is 9.71 Å². The van der Waals surface area contributed by atoms with E-state index >= 15 is 0 Å². The summed E-state index contributed by atoms with van der Waals surface area (Å²) in [6, 6.07) is 7.59. The van der Waals surface area contributed by atoms with Crippen LogP contribution in [0.5, 0.6) is 11.5 Å². The van der Waals surface area contributed by atoms with Crippen LogP contribution in [0, 0.1) is 17.1 Å². The summed E-state index contributed by atoms with van der Waals surface area (Å²) in [4.78, 5) is 17.1. The zero-order chi connectivity index (χ0) is 24.0. The largest absolute Gasteiger partial charge is 0.453 e. The van der Waals surface area contributed by atoms with E-state index in [1.54, 1.807) is 16.7 Å². The minimum atomic E-state index is -4.15. The Morgan fingerprint density at radius 3 is 2.68 bits per heavy atom. The summed E-state index contributed by atoms with van der Waals surface area (Å²) in [6.07, 6.45) is 3.68. The Bertz CT molecular complexity index is 1500. The number of alkyl halides is 1. The maximum atomic E-state index is 14.7. The van der Waals surface area contributed by atoms with Gasteiger partial charge in [-0.05, 0) is 49.6 Å². The Hall–Kier alpha value is -3.56. The first-order valence-electron chi connectivity index (χ1n) is 10.6. The Morgan fingerprint density at radius 2 is 2.03 bits per heavy atom. The summed E-state index contributed by atoms with van der Waals surface area (Å²) in [5.41, 5.74) is -0.407. The standard InChI is InChI=1S/C22H19F2N5O4S/c23-10-14-7-8-29(14)34(31,32)27-20-6-4-18(24)21(17(20)11-25)33-15-3-5-19-16(9-15)22(30)28(12-26-19)13-1-2-13/h3-6,9,12-14,27H,1-2,7-8,10H2/t14-/m1/s1. The molecule has 1 atom stereocenters. The second-order valence-corrected chi connectivity index (χ2v) is 9.82. The van der Waals surface area contributed by atoms with Gasteiger partial charge in [-0.15, -0.1) is 0 Å². The van der Waals surface area contributed by atoms with Gasteiger partial charge < -0.3 is 4.74 Å². The molecule has 2 aromatic carbocycles. The van der Waals surface area contributed by atoms with Gasteiger partial charge in [0.2, 0.25) is 0 Å². The second kappa shape index (κ2) is 8.34. The van der Waals surface area contributed by atoms with Crippen LogP contribution < -0.4 is 15.0 Å². The van der Waals surface area contributed by atoms with Crippen molar-refractivity contribution in [1.82, 2.24) is 13.9 Å². The van der Waals surface area contributed by atoms with Gasteiger partial charge in [0, 0.05) is 12.6 Å². The molecule has 176 valence electrons. The predicted molar refractivity (Wildman–Crippen MR) is 119 cm³/mol. The number of fused-ring (bicyclic) bond motifs is 1. The number of aromatic nitrogens is 2. The van der Waals surface area contributed by atoms with Gasteiger partial charge in [0.15, 0.2) is 11.6 Å². The number of ether oxygens (including phenoxy) is 1. The van der Waals surface area contributed by atoms with E-state index in [1.165, 1.54) is 18.5 Å². The molecule has 2 fully saturated rings. The zero-order valence-corrected chi connectivity index (χ0v) is 18.6. The first kappa shape index (κ1) is 22.2. The summed E-state index contributed by atoms with van der Waals surface area (Å²) in [6.45, 7) is -0.692. The van der Waals surface area contributed by atoms with Crippen molar-refractivity contribution < 1.29 is 21.9 Å². The number of rotatable bonds is 7. The zero-order valence-electron chi connectivity index (χ0n) is 17.7. The fourth-order valence-electron chi connectivity index (χ4n) is 3.85. The summed E-state index contributed by atoms with van der Waals surface area (Å²) < 4.78 is 63.2. The molecule has 0 amide bonds. The predicted octanol–water partition coefficient (Wildman–Crippen LogP) is 3.23. The summed E-state index contributed by atoms with van der Waals surface area (Å²) >= 11 is 0. The molecule has 0 unspecified atom stereocenters. The Labute approximate surface area is 193 Å². The van der Waals surface area contributed by atoms with Crippen molar-refractivity contribution in [2.75, 3.05) is 17.9 Å². The van der Waals surface area contributed by atoms with Crippen LogP contribution in [-0.2, 0) is 10.2 Å². The first-order valence-corrected chi connectivity index (χ1v) is 12.0. The Morgan fingerprint density at radius 1 is 1.24 bits per heavy atom. The van der Waals surface area contributed by atoms with Gasteiger partial charge in [-0.3, -0.25) is 14.1 Å². The lowest BCUT2D eigenvalue weighted by molar-refractivity contribution is 0.164. The maximum Gasteiger partial charge on any atom is 0.302 e. The number of nitrogens with one attached hydrogen (secondary N) is 1. The molecule has 1 aliphatic heterocycles. The van der Waals surface area contributed by atoms with Crippen LogP contribution in [0.4, 0.5) is 14.5 Å². The van der Waals surface area contributed by atoms with Gasteiger partial charge in [-0.25, -0.2) is 13.8 Å². The molecule has 2 heterocycles. The minimum Gasteiger partial charge on any atom is -0.453 e. The van der Waals surface area contributed by atoms with Crippen molar-refractivity contribution in [3.8, 4) is 17.6 Å². The third-order valence-electron chi connectivity index (χ3n) is 5.95. The number of anilines is 1. The van der Waals surface area contributed by atoms with Gasteiger partial charge in [-0.1, -0.05) is 0 Å². The van der Waals surface area contributed by atoms with E-state index in [0.29, 0.717) is 11.9 Å². The third kappa shape index (κ3) is 3.86. The summed E-state index contributed by atoms with van der Waals surface area (Å²) in [5, 5.41) is 9.93. The van der Waals surface area contributed by atoms with E-state index in [4.69, 9.17) is 4.74 Å². The van der Waals surface area contributed by atoms with Crippen molar-refractivity contribution in [1.29, 1.82) is 5.26 Å². The SMILES string of the molecule is N#Cc1c(NS(=O)(=O)N2CC[C@@H]2CF)ccc(F)c1Oc1ccc2ncn(C3CC3)c(=O)c2c1. The van der Waals surface area contributed by atoms with Crippen LogP contribution in [0.1, 0.15) is 30.9 Å². The van der Waals surface area contributed by atoms with Crippen molar-refractivity contribution in [3.05, 3.63) is 58.4 Å². The number of nitrogens with zero attached hydrogens (tertiary/aromatic N) is 4. The number of benzene rings is 2. The molecule has 0 radical (unpaired) electrons. The van der Waals surface area contributed by atoms with Crippen LogP contribution in [0.3, 0.4) is 0 Å². The first-order chi connectivity index (χ1) is 16.3. The lowest BCUT2D eigenvalue weighted by Gasteiger charge is -2.37. The molecule has 34 heavy (non-hydrogen) atoms. The maximum absolute atomic E-state index is 14.7. The molecular formula is C22H19F2N5O4S. The number of nitriles is 1. The molecule has 1 saturated heterocycles. The number of hydrogen-bond acceptors (Lipinski definition) is 6. The van der Waals surface area contributed by atoms with E-state index in [9.17, 15) is 27.3 Å². The smallest absolute Gasteiger partial charge is 0.302 e. The van der Waals surface area contributed by atoms with Crippen molar-refractivity contribution in [2.24, 2.45) is 0 Å². The topological polar surface area (TPSA) is 117 Å². The highest BCUT2D eigenvalue weighted by Gasteiger charge is 2.38. The van der Waals surface area contributed by atoms with Crippen molar-refractivity contribution in [3.63, 3.8) is 0 Å². The third-order valence-corrected chi connectivity index (χ3v) is 7.53. The molecule has 12 heteroatoms. The van der Waals surface area contributed by atoms with Gasteiger partial charge in [0.1, 0.15) is 24.1 Å². The molecule has 5 rings (SSSR count). The molecule has 1 N–H and O–H groups in total. The highest BCUT2D eigenvalue weighted by Crippen LogP contribution is 2.36. The monoisotopic (exact) mass is 487 g/mol. The molecule has 0 spiro atoms. The fraction of sp³-hybridized carbons (Fsp3) is 0.318. The number of halogens is 2. The average molecular weight is 487 g/mol. The normalized spacial score (nSPS) is 18.3. The molecule has 9 nitrogen and oxygen atoms in total. The van der Waals surface area contributed by atoms with Gasteiger partial charge in [0.05, 0.1) is 29.0 Å². The molecule has 0 bridgehead atoms. The van der Waals surface area contributed by atoms with Crippen LogP contribution in [0.15, 0.2) is 41.5 Å². The number of hydrogen-bond donors (Lipinski definition) is 1. The minimum absolute atomic E-state index is 0.0793. The molecule has 1 aromatic heterocycles. The molecule has 1 aliphatic carbocycles. The van der Waals surface area contributed by atoms with E-state index < -0.39 is 34.5 Å². The molecule has 1 saturated carbocycles. The quantitative estimate of drug-likeness (QED) is 0.547. The van der Waals surface area contributed by atoms with Gasteiger partial charge >= 0.3 is 10.2 Å². The Kier molecular flexibility index (Phi) is 5.45. The van der Waals surface area contributed by atoms with Gasteiger partial charge in [-0.2, -0.15) is 18.0 Å². The molecule has 3 aromatic rings. The lowest BCUT2D eigenvalue weighted by Crippen LogP contribution is -2.54. The van der Waals surface area contributed by atoms with Crippen molar-refractivity contribution >= 4 is 26.8 Å². The molecule has 2 aliphatic rings. The average Bonchev–Trinajstić information content (AvgIpc) is 3.61. The Balaban J connectivity index is 1.49. The van der Waals surface area contributed by atoms with Gasteiger partial charge in [0.25, 0.3) is 5.56 Å². The summed E-state index contributed by atoms with van der Waals surface area (Å²) in [7, 11) is -4.15. The summed E-state index contributed by atoms with van der Waals surface area (Å²) in [5.74, 6) is -1.32. The fourth-order valence-corrected chi connectivity index (χ4v) is 5.31. The molecular weight excluding hydrogens is 468 g/mol. The highest BCUT2D eigenvalue weighted by atomic mass is 32.2. The van der Waals surface area contributed by atoms with Crippen LogP contribution in [-0.4, -0.2) is 41.5 Å². The van der Waals surface area contributed by atoms with Crippen LogP contribution in [0.25, 0.3) is 10.9 Å². The second-order valence-electron chi connectivity index (χ2n) is 8.19. The van der Waals surface area contributed by atoms with E-state index in [-0.39, 0.29) is 40.5 Å². The van der Waals surface area contributed by atoms with Crippen LogP contribution in [0.2, 0.25) is 0 Å². The van der Waals surface area contributed by atoms with Crippen molar-refractivity contribution in [2.45, 2.75) is 31.3 Å². The highest BCUT2D eigenvalue weighted by molar-refractivity contribution is 7.90. The van der Waals surface area contributed by atoms with E-state index in [0.717, 1.165) is 29.3 Å².